The van der Waals surface area contributed by atoms with Gasteiger partial charge in [-0.05, 0) is 18.6 Å². The number of esters is 1. The maximum absolute atomic E-state index is 11.8. The van der Waals surface area contributed by atoms with Crippen molar-refractivity contribution >= 4 is 11.7 Å². The van der Waals surface area contributed by atoms with Crippen LogP contribution in [0.2, 0.25) is 0 Å². The van der Waals surface area contributed by atoms with Crippen molar-refractivity contribution < 1.29 is 20.0 Å². The average molecular weight is 272 g/mol. The number of hydrogen-bond acceptors (Lipinski definition) is 5. The molecule has 20 heavy (non-hydrogen) atoms. The predicted molar refractivity (Wildman–Crippen MR) is 69.3 cm³/mol. The van der Waals surface area contributed by atoms with E-state index in [9.17, 15) is 10.0 Å². The van der Waals surface area contributed by atoms with E-state index in [-0.39, 0.29) is 12.3 Å². The van der Waals surface area contributed by atoms with Crippen LogP contribution in [0.4, 0.5) is 5.69 Å². The van der Waals surface area contributed by atoms with E-state index in [1.165, 1.54) is 6.07 Å². The second-order valence-electron chi connectivity index (χ2n) is 4.59. The third-order valence-corrected chi connectivity index (χ3v) is 3.19. The van der Waals surface area contributed by atoms with Crippen LogP contribution in [0.25, 0.3) is 11.1 Å². The summed E-state index contributed by atoms with van der Waals surface area (Å²) in [5.41, 5.74) is 3.31. The minimum atomic E-state index is -1.00. The molecular formula is C14H12N2O4. The molecule has 0 bridgehead atoms. The van der Waals surface area contributed by atoms with Crippen LogP contribution < -0.4 is 5.23 Å². The Labute approximate surface area is 114 Å². The second kappa shape index (κ2) is 4.68. The van der Waals surface area contributed by atoms with Crippen molar-refractivity contribution in [2.75, 3.05) is 0 Å². The summed E-state index contributed by atoms with van der Waals surface area (Å²) < 4.78 is 5.00. The summed E-state index contributed by atoms with van der Waals surface area (Å²) >= 11 is 0. The summed E-state index contributed by atoms with van der Waals surface area (Å²) in [5.74, 6) is -0.414. The number of fused-ring (bicyclic) bond motifs is 1. The average Bonchev–Trinajstić information content (AvgIpc) is 2.79. The van der Waals surface area contributed by atoms with Gasteiger partial charge in [-0.3, -0.25) is 4.98 Å². The zero-order valence-corrected chi connectivity index (χ0v) is 10.7. The maximum atomic E-state index is 11.8. The fourth-order valence-electron chi connectivity index (χ4n) is 2.32. The maximum Gasteiger partial charge on any atom is 0.341 e. The summed E-state index contributed by atoms with van der Waals surface area (Å²) in [6.45, 7) is 2.00. The van der Waals surface area contributed by atoms with Gasteiger partial charge in [0.15, 0.2) is 5.69 Å². The van der Waals surface area contributed by atoms with Crippen LogP contribution in [-0.2, 0) is 11.3 Å². The van der Waals surface area contributed by atoms with Gasteiger partial charge in [0.1, 0.15) is 6.61 Å². The molecular weight excluding hydrogens is 260 g/mol. The van der Waals surface area contributed by atoms with E-state index in [0.29, 0.717) is 22.4 Å². The van der Waals surface area contributed by atoms with E-state index in [0.717, 1.165) is 5.69 Å². The van der Waals surface area contributed by atoms with Gasteiger partial charge < -0.3 is 9.94 Å². The Morgan fingerprint density at radius 2 is 2.20 bits per heavy atom. The van der Waals surface area contributed by atoms with Gasteiger partial charge in [-0.15, -0.1) is 0 Å². The lowest BCUT2D eigenvalue weighted by atomic mass is 9.98. The lowest BCUT2D eigenvalue weighted by Gasteiger charge is -2.13. The van der Waals surface area contributed by atoms with E-state index in [1.54, 1.807) is 24.3 Å². The number of aryl methyl sites for hydroxylation is 1. The first kappa shape index (κ1) is 12.7. The molecule has 3 rings (SSSR count). The quantitative estimate of drug-likeness (QED) is 0.632. The fourth-order valence-corrected chi connectivity index (χ4v) is 2.32. The van der Waals surface area contributed by atoms with Gasteiger partial charge in [0.25, 0.3) is 0 Å². The zero-order chi connectivity index (χ0) is 14.3. The molecule has 0 saturated heterocycles. The molecule has 0 saturated carbocycles. The first-order chi connectivity index (χ1) is 9.56. The molecule has 2 N–H and O–H groups in total. The number of nitrogens with one attached hydrogen (secondary N) is 1. The molecule has 102 valence electrons. The van der Waals surface area contributed by atoms with Gasteiger partial charge in [-0.1, -0.05) is 12.1 Å². The third-order valence-electron chi connectivity index (χ3n) is 3.19. The van der Waals surface area contributed by atoms with Crippen LogP contribution in [0, 0.1) is 12.1 Å². The summed E-state index contributed by atoms with van der Waals surface area (Å²) in [5, 5.41) is 19.1. The highest BCUT2D eigenvalue weighted by Crippen LogP contribution is 2.31. The van der Waals surface area contributed by atoms with Gasteiger partial charge >= 0.3 is 5.97 Å². The van der Waals surface area contributed by atoms with Gasteiger partial charge in [0, 0.05) is 23.4 Å². The van der Waals surface area contributed by atoms with E-state index >= 15 is 0 Å². The molecule has 6 nitrogen and oxygen atoms in total. The van der Waals surface area contributed by atoms with Gasteiger partial charge in [0.2, 0.25) is 0 Å². The van der Waals surface area contributed by atoms with Crippen LogP contribution in [0.1, 0.15) is 21.7 Å². The molecule has 0 aliphatic carbocycles. The monoisotopic (exact) mass is 272 g/mol. The standard InChI is InChI=1S/C14H12N2O4/c1-8-5-11(13-12(15-8)7-20-14(13)17)9-3-2-4-10(6-9)16(18)19/h2-6,16,18H,7H2,1H3. The molecule has 1 unspecified atom stereocenters. The number of benzene rings is 1. The van der Waals surface area contributed by atoms with Crippen molar-refractivity contribution in [3.05, 3.63) is 52.5 Å². The van der Waals surface area contributed by atoms with Gasteiger partial charge in [-0.25, -0.2) is 10.0 Å². The van der Waals surface area contributed by atoms with Crippen molar-refractivity contribution in [1.82, 2.24) is 4.98 Å². The number of ether oxygens (including phenoxy) is 1. The van der Waals surface area contributed by atoms with Crippen LogP contribution in [0.15, 0.2) is 30.3 Å². The number of nitrogens with zero attached hydrogens (tertiary/aromatic N) is 1. The summed E-state index contributed by atoms with van der Waals surface area (Å²) in [4.78, 5) is 16.1. The van der Waals surface area contributed by atoms with E-state index in [2.05, 4.69) is 4.98 Å². The second-order valence-corrected chi connectivity index (χ2v) is 4.59. The molecule has 0 spiro atoms. The predicted octanol–water partition coefficient (Wildman–Crippen LogP) is 1.13. The first-order valence-corrected chi connectivity index (χ1v) is 6.07. The topological polar surface area (TPSA) is 86.9 Å². The first-order valence-electron chi connectivity index (χ1n) is 6.07. The molecule has 1 aromatic carbocycles. The van der Waals surface area contributed by atoms with E-state index in [4.69, 9.17) is 9.94 Å². The van der Waals surface area contributed by atoms with Crippen LogP contribution in [0.5, 0.6) is 0 Å². The van der Waals surface area contributed by atoms with Gasteiger partial charge in [0.05, 0.1) is 11.3 Å². The molecule has 1 atom stereocenters. The number of quaternary nitrogens is 1. The highest BCUT2D eigenvalue weighted by Gasteiger charge is 2.27. The Bertz CT molecular complexity index is 698. The summed E-state index contributed by atoms with van der Waals surface area (Å²) in [6.07, 6.45) is 0. The highest BCUT2D eigenvalue weighted by molar-refractivity contribution is 6.00. The lowest BCUT2D eigenvalue weighted by Crippen LogP contribution is -2.99. The van der Waals surface area contributed by atoms with E-state index < -0.39 is 11.2 Å². The molecule has 1 aliphatic heterocycles. The smallest absolute Gasteiger partial charge is 0.341 e. The molecule has 6 heteroatoms. The fraction of sp³-hybridized carbons (Fsp3) is 0.143. The summed E-state index contributed by atoms with van der Waals surface area (Å²) in [6, 6.07) is 8.25. The van der Waals surface area contributed by atoms with Crippen molar-refractivity contribution in [3.8, 4) is 11.1 Å². The van der Waals surface area contributed by atoms with Crippen molar-refractivity contribution in [2.45, 2.75) is 13.5 Å². The molecule has 0 amide bonds. The van der Waals surface area contributed by atoms with Gasteiger partial charge in [-0.2, -0.15) is 5.23 Å². The SMILES string of the molecule is Cc1cc(-c2cccc([NH+]([O-])O)c2)c2c(n1)COC2=O. The normalized spacial score (nSPS) is 14.8. The Morgan fingerprint density at radius 3 is 2.95 bits per heavy atom. The molecule has 0 radical (unpaired) electrons. The molecule has 2 heterocycles. The minimum Gasteiger partial charge on any atom is -0.595 e. The number of carbonyl (C=O) groups excluding carboxylic acids is 1. The number of cyclic esters (lactones) is 1. The number of pyridine rings is 1. The number of hydrogen-bond donors (Lipinski definition) is 2. The van der Waals surface area contributed by atoms with Crippen molar-refractivity contribution in [1.29, 1.82) is 0 Å². The minimum absolute atomic E-state index is 0.168. The van der Waals surface area contributed by atoms with Crippen LogP contribution in [0.3, 0.4) is 0 Å². The number of rotatable bonds is 2. The highest BCUT2D eigenvalue weighted by atomic mass is 16.8. The lowest BCUT2D eigenvalue weighted by molar-refractivity contribution is -0.991. The Balaban J connectivity index is 2.20. The Kier molecular flexibility index (Phi) is 2.98. The van der Waals surface area contributed by atoms with Crippen LogP contribution in [-0.4, -0.2) is 16.2 Å². The van der Waals surface area contributed by atoms with Crippen molar-refractivity contribution in [2.24, 2.45) is 0 Å². The Hall–Kier alpha value is -2.28. The van der Waals surface area contributed by atoms with Crippen LogP contribution >= 0.6 is 0 Å². The van der Waals surface area contributed by atoms with E-state index in [1.807, 2.05) is 6.92 Å². The largest absolute Gasteiger partial charge is 0.595 e. The Morgan fingerprint density at radius 1 is 1.40 bits per heavy atom. The third kappa shape index (κ3) is 2.05. The number of carbonyl (C=O) groups is 1. The molecule has 2 aromatic rings. The zero-order valence-electron chi connectivity index (χ0n) is 10.7. The molecule has 1 aromatic heterocycles. The summed E-state index contributed by atoms with van der Waals surface area (Å²) in [7, 11) is 0. The van der Waals surface area contributed by atoms with Crippen molar-refractivity contribution in [3.63, 3.8) is 0 Å². The molecule has 0 fully saturated rings. The number of aromatic nitrogens is 1. The molecule has 1 aliphatic rings.